The molecule has 176 valence electrons. The molecule has 5 nitrogen and oxygen atoms in total. The molecule has 0 radical (unpaired) electrons. The number of nitrogen functional groups attached to an aromatic ring is 1. The predicted octanol–water partition coefficient (Wildman–Crippen LogP) is 7.71. The van der Waals surface area contributed by atoms with Gasteiger partial charge in [-0.25, -0.2) is 9.97 Å². The Kier molecular flexibility index (Phi) is 6.09. The van der Waals surface area contributed by atoms with E-state index in [-0.39, 0.29) is 11.3 Å². The van der Waals surface area contributed by atoms with Crippen molar-refractivity contribution in [1.29, 1.82) is 0 Å². The van der Waals surface area contributed by atoms with E-state index in [9.17, 15) is 4.79 Å². The summed E-state index contributed by atoms with van der Waals surface area (Å²) in [6.45, 7) is 6.88. The van der Waals surface area contributed by atoms with Gasteiger partial charge in [0.1, 0.15) is 9.71 Å². The number of nitrogens with one attached hydrogen (secondary N) is 1. The van der Waals surface area contributed by atoms with Crippen LogP contribution in [0.5, 0.6) is 0 Å². The van der Waals surface area contributed by atoms with Crippen molar-refractivity contribution in [2.24, 2.45) is 11.3 Å². The Morgan fingerprint density at radius 1 is 1.18 bits per heavy atom. The molecule has 5 rings (SSSR count). The number of hydrogen-bond donors (Lipinski definition) is 2. The summed E-state index contributed by atoms with van der Waals surface area (Å²) in [7, 11) is 0. The van der Waals surface area contributed by atoms with Crippen LogP contribution < -0.4 is 11.1 Å². The molecule has 1 unspecified atom stereocenters. The molecule has 34 heavy (non-hydrogen) atoms. The number of anilines is 2. The molecule has 3 heterocycles. The first-order valence-electron chi connectivity index (χ1n) is 11.0. The zero-order valence-electron chi connectivity index (χ0n) is 19.0. The van der Waals surface area contributed by atoms with Gasteiger partial charge in [-0.1, -0.05) is 50.0 Å². The van der Waals surface area contributed by atoms with Crippen molar-refractivity contribution in [3.05, 3.63) is 55.8 Å². The van der Waals surface area contributed by atoms with Gasteiger partial charge in [-0.05, 0) is 54.4 Å². The fourth-order valence-corrected chi connectivity index (χ4v) is 6.38. The van der Waals surface area contributed by atoms with Crippen LogP contribution >= 0.6 is 45.9 Å². The Labute approximate surface area is 216 Å². The van der Waals surface area contributed by atoms with Gasteiger partial charge in [0.05, 0.1) is 21.4 Å². The highest BCUT2D eigenvalue weighted by molar-refractivity contribution is 7.21. The van der Waals surface area contributed by atoms with Crippen molar-refractivity contribution in [2.75, 3.05) is 11.1 Å². The number of aromatic nitrogens is 2. The number of thiophene rings is 1. The molecule has 1 amide bonds. The molecule has 3 N–H and O–H groups in total. The normalized spacial score (nSPS) is 16.0. The van der Waals surface area contributed by atoms with Crippen LogP contribution in [-0.4, -0.2) is 15.9 Å². The Hall–Kier alpha value is -2.19. The topological polar surface area (TPSA) is 80.9 Å². The van der Waals surface area contributed by atoms with E-state index in [1.54, 1.807) is 12.1 Å². The minimum atomic E-state index is -0.277. The van der Waals surface area contributed by atoms with E-state index in [4.69, 9.17) is 33.9 Å². The van der Waals surface area contributed by atoms with Gasteiger partial charge in [0.2, 0.25) is 0 Å². The number of aryl methyl sites for hydroxylation is 1. The molecular weight excluding hydrogens is 507 g/mol. The molecule has 0 saturated carbocycles. The average Bonchev–Trinajstić information content (AvgIpc) is 3.37. The number of carbonyl (C=O) groups is 1. The Balaban J connectivity index is 1.39. The number of rotatable bonds is 3. The number of thiazole rings is 1. The van der Waals surface area contributed by atoms with Crippen LogP contribution in [0.3, 0.4) is 0 Å². The number of fused-ring (bicyclic) bond motifs is 2. The number of hydrogen-bond acceptors (Lipinski definition) is 6. The van der Waals surface area contributed by atoms with Gasteiger partial charge in [0, 0.05) is 22.0 Å². The van der Waals surface area contributed by atoms with Crippen LogP contribution in [0, 0.1) is 11.3 Å². The van der Waals surface area contributed by atoms with Crippen LogP contribution in [0.25, 0.3) is 21.5 Å². The lowest BCUT2D eigenvalue weighted by Gasteiger charge is -2.34. The van der Waals surface area contributed by atoms with E-state index in [1.165, 1.54) is 28.2 Å². The Morgan fingerprint density at radius 3 is 2.71 bits per heavy atom. The molecular formula is C25H24Cl2N4OS2. The SMILES string of the molecule is CC(C)(C)C1CCc2nc3sc(C(=O)Nc4nc(-c5ccc(Cl)c(Cl)c5)cs4)c(N)c3cc2C1. The molecule has 1 aliphatic rings. The number of amides is 1. The first-order chi connectivity index (χ1) is 16.1. The number of pyridine rings is 1. The zero-order chi connectivity index (χ0) is 24.2. The fraction of sp³-hybridized carbons (Fsp3) is 0.320. The summed E-state index contributed by atoms with van der Waals surface area (Å²) in [6.07, 6.45) is 3.09. The lowest BCUT2D eigenvalue weighted by molar-refractivity contribution is 0.103. The second-order valence-electron chi connectivity index (χ2n) is 9.72. The summed E-state index contributed by atoms with van der Waals surface area (Å²) in [4.78, 5) is 23.8. The Bertz CT molecular complexity index is 1420. The molecule has 0 fully saturated rings. The van der Waals surface area contributed by atoms with Gasteiger partial charge in [0.15, 0.2) is 5.13 Å². The molecule has 9 heteroatoms. The highest BCUT2D eigenvalue weighted by atomic mass is 35.5. The van der Waals surface area contributed by atoms with E-state index in [2.05, 4.69) is 37.1 Å². The van der Waals surface area contributed by atoms with Gasteiger partial charge < -0.3 is 5.73 Å². The van der Waals surface area contributed by atoms with Crippen LogP contribution in [-0.2, 0) is 12.8 Å². The maximum atomic E-state index is 13.1. The van der Waals surface area contributed by atoms with Crippen LogP contribution in [0.1, 0.15) is 48.1 Å². The van der Waals surface area contributed by atoms with Crippen molar-refractivity contribution in [3.8, 4) is 11.3 Å². The molecule has 0 spiro atoms. The van der Waals surface area contributed by atoms with Crippen molar-refractivity contribution < 1.29 is 4.79 Å². The predicted molar refractivity (Wildman–Crippen MR) is 145 cm³/mol. The number of nitrogens with two attached hydrogens (primary N) is 1. The van der Waals surface area contributed by atoms with Gasteiger partial charge in [0.25, 0.3) is 5.91 Å². The summed E-state index contributed by atoms with van der Waals surface area (Å²) >= 11 is 14.8. The lowest BCUT2D eigenvalue weighted by Crippen LogP contribution is -2.27. The standard InChI is InChI=1S/C25H24Cl2N4OS2/c1-25(2,3)14-5-7-18-13(8-14)9-15-20(28)21(34-23(15)29-18)22(32)31-24-30-19(11-33-24)12-4-6-16(26)17(27)10-12/h4,6,9-11,14H,5,7-8,28H2,1-3H3,(H,30,31,32). The Morgan fingerprint density at radius 2 is 1.97 bits per heavy atom. The molecule has 1 aromatic carbocycles. The van der Waals surface area contributed by atoms with E-state index in [0.717, 1.165) is 40.7 Å². The molecule has 0 aliphatic heterocycles. The molecule has 1 aliphatic carbocycles. The van der Waals surface area contributed by atoms with Gasteiger partial charge >= 0.3 is 0 Å². The monoisotopic (exact) mass is 530 g/mol. The first-order valence-corrected chi connectivity index (χ1v) is 13.5. The number of carbonyl (C=O) groups excluding carboxylic acids is 1. The van der Waals surface area contributed by atoms with Gasteiger partial charge in [-0.2, -0.15) is 0 Å². The second-order valence-corrected chi connectivity index (χ2v) is 12.4. The summed E-state index contributed by atoms with van der Waals surface area (Å²) in [6, 6.07) is 7.47. The van der Waals surface area contributed by atoms with Gasteiger partial charge in [-0.15, -0.1) is 22.7 Å². The van der Waals surface area contributed by atoms with Crippen molar-refractivity contribution in [1.82, 2.24) is 9.97 Å². The van der Waals surface area contributed by atoms with Gasteiger partial charge in [-0.3, -0.25) is 10.1 Å². The zero-order valence-corrected chi connectivity index (χ0v) is 22.2. The fourth-order valence-electron chi connectivity index (χ4n) is 4.37. The lowest BCUT2D eigenvalue weighted by atomic mass is 9.71. The summed E-state index contributed by atoms with van der Waals surface area (Å²) in [5.74, 6) is 0.331. The van der Waals surface area contributed by atoms with Crippen LogP contribution in [0.4, 0.5) is 10.8 Å². The smallest absolute Gasteiger partial charge is 0.269 e. The first kappa shape index (κ1) is 23.5. The highest BCUT2D eigenvalue weighted by Crippen LogP contribution is 2.40. The molecule has 1 atom stereocenters. The third-order valence-electron chi connectivity index (χ3n) is 6.46. The molecule has 4 aromatic rings. The maximum absolute atomic E-state index is 13.1. The minimum Gasteiger partial charge on any atom is -0.397 e. The second kappa shape index (κ2) is 8.79. The van der Waals surface area contributed by atoms with Crippen LogP contribution in [0.15, 0.2) is 29.6 Å². The van der Waals surface area contributed by atoms with E-state index in [0.29, 0.717) is 37.4 Å². The maximum Gasteiger partial charge on any atom is 0.269 e. The minimum absolute atomic E-state index is 0.252. The molecule has 0 saturated heterocycles. The summed E-state index contributed by atoms with van der Waals surface area (Å²) in [5.41, 5.74) is 11.1. The van der Waals surface area contributed by atoms with Crippen molar-refractivity contribution >= 4 is 72.8 Å². The third kappa shape index (κ3) is 4.42. The average molecular weight is 532 g/mol. The summed E-state index contributed by atoms with van der Waals surface area (Å²) in [5, 5.41) is 7.04. The van der Waals surface area contributed by atoms with Crippen molar-refractivity contribution in [2.45, 2.75) is 40.0 Å². The molecule has 0 bridgehead atoms. The van der Waals surface area contributed by atoms with E-state index >= 15 is 0 Å². The highest BCUT2D eigenvalue weighted by Gasteiger charge is 2.30. The molecule has 3 aromatic heterocycles. The largest absolute Gasteiger partial charge is 0.397 e. The number of benzene rings is 1. The number of nitrogens with zero attached hydrogens (tertiary/aromatic N) is 2. The van der Waals surface area contributed by atoms with E-state index in [1.807, 2.05) is 11.4 Å². The summed E-state index contributed by atoms with van der Waals surface area (Å²) < 4.78 is 0. The third-order valence-corrected chi connectivity index (χ3v) is 9.07. The van der Waals surface area contributed by atoms with Crippen molar-refractivity contribution in [3.63, 3.8) is 0 Å². The number of halogens is 2. The van der Waals surface area contributed by atoms with Crippen LogP contribution in [0.2, 0.25) is 10.0 Å². The van der Waals surface area contributed by atoms with E-state index < -0.39 is 0 Å². The quantitative estimate of drug-likeness (QED) is 0.284.